The van der Waals surface area contributed by atoms with Gasteiger partial charge in [-0.15, -0.1) is 0 Å². The Labute approximate surface area is 111 Å². The van der Waals surface area contributed by atoms with Crippen molar-refractivity contribution < 1.29 is 39.3 Å². The highest BCUT2D eigenvalue weighted by Gasteiger charge is 2.46. The van der Waals surface area contributed by atoms with E-state index >= 15 is 0 Å². The first-order valence-corrected chi connectivity index (χ1v) is 6.83. The van der Waals surface area contributed by atoms with Crippen molar-refractivity contribution >= 4 is 16.8 Å². The van der Waals surface area contributed by atoms with E-state index in [2.05, 4.69) is 0 Å². The highest BCUT2D eigenvalue weighted by Crippen LogP contribution is 2.23. The van der Waals surface area contributed by atoms with E-state index in [9.17, 15) is 24.3 Å². The van der Waals surface area contributed by atoms with Crippen LogP contribution in [0.4, 0.5) is 0 Å². The number of hydrogen-bond acceptors (Lipinski definition) is 8. The van der Waals surface area contributed by atoms with Gasteiger partial charge in [0.25, 0.3) is 0 Å². The van der Waals surface area contributed by atoms with Gasteiger partial charge in [-0.2, -0.15) is 0 Å². The van der Waals surface area contributed by atoms with Gasteiger partial charge >= 0.3 is 5.97 Å². The number of carboxylic acids is 1. The SMILES string of the molecule is N[C@@H](CS(=O)[C@@H]1O[C@H](CO)[C@@H](O)[C@H](O)[C@H]1O)C(=O)O. The number of aliphatic carboxylic acids is 1. The summed E-state index contributed by atoms with van der Waals surface area (Å²) in [7, 11) is -2.01. The molecular weight excluding hydrogens is 282 g/mol. The van der Waals surface area contributed by atoms with Crippen LogP contribution in [0.5, 0.6) is 0 Å². The molecule has 0 aromatic rings. The third kappa shape index (κ3) is 3.69. The van der Waals surface area contributed by atoms with Crippen molar-refractivity contribution in [3.8, 4) is 0 Å². The smallest absolute Gasteiger partial charge is 0.321 e. The molecule has 1 unspecified atom stereocenters. The van der Waals surface area contributed by atoms with E-state index in [0.717, 1.165) is 0 Å². The molecule has 1 rings (SSSR count). The van der Waals surface area contributed by atoms with Crippen LogP contribution >= 0.6 is 0 Å². The van der Waals surface area contributed by atoms with Gasteiger partial charge in [0, 0.05) is 0 Å². The third-order valence-electron chi connectivity index (χ3n) is 2.77. The maximum absolute atomic E-state index is 11.8. The summed E-state index contributed by atoms with van der Waals surface area (Å²) in [5.74, 6) is -1.85. The summed E-state index contributed by atoms with van der Waals surface area (Å²) in [5.41, 5.74) is 3.78. The summed E-state index contributed by atoms with van der Waals surface area (Å²) in [6, 6.07) is -1.41. The number of ether oxygens (including phenoxy) is 1. The van der Waals surface area contributed by atoms with Crippen molar-refractivity contribution in [3.63, 3.8) is 0 Å². The van der Waals surface area contributed by atoms with Crippen LogP contribution in [0.25, 0.3) is 0 Å². The highest BCUT2D eigenvalue weighted by atomic mass is 32.2. The van der Waals surface area contributed by atoms with Crippen molar-refractivity contribution in [2.45, 2.75) is 35.9 Å². The van der Waals surface area contributed by atoms with Crippen LogP contribution in [0.15, 0.2) is 0 Å². The number of nitrogens with two attached hydrogens (primary N) is 1. The molecule has 7 atom stereocenters. The summed E-state index contributed by atoms with van der Waals surface area (Å²) in [6.45, 7) is -0.649. The minimum Gasteiger partial charge on any atom is -0.480 e. The molecule has 0 saturated carbocycles. The summed E-state index contributed by atoms with van der Waals surface area (Å²) >= 11 is 0. The van der Waals surface area contributed by atoms with Crippen LogP contribution < -0.4 is 5.73 Å². The molecule has 9 nitrogen and oxygen atoms in total. The predicted octanol–water partition coefficient (Wildman–Crippen LogP) is -4.05. The molecule has 1 heterocycles. The standard InChI is InChI=1S/C9H17NO8S/c10-3(8(15)16)2-19(17)9-7(14)6(13)5(12)4(1-11)18-9/h3-7,9,11-14H,1-2,10H2,(H,15,16)/t3-,4+,5+,6-,7+,9-,19?/m0/s1. The quantitative estimate of drug-likeness (QED) is 0.295. The zero-order valence-corrected chi connectivity index (χ0v) is 10.6. The van der Waals surface area contributed by atoms with Crippen molar-refractivity contribution in [2.24, 2.45) is 5.73 Å². The number of aliphatic hydroxyl groups is 4. The van der Waals surface area contributed by atoms with Crippen LogP contribution in [0.1, 0.15) is 0 Å². The fraction of sp³-hybridized carbons (Fsp3) is 0.889. The minimum absolute atomic E-state index is 0.488. The van der Waals surface area contributed by atoms with Crippen LogP contribution in [-0.4, -0.2) is 84.0 Å². The number of carbonyl (C=O) groups is 1. The summed E-state index contributed by atoms with van der Waals surface area (Å²) in [5, 5.41) is 46.2. The zero-order chi connectivity index (χ0) is 14.7. The highest BCUT2D eigenvalue weighted by molar-refractivity contribution is 7.85. The molecule has 10 heteroatoms. The number of hydrogen-bond donors (Lipinski definition) is 6. The van der Waals surface area contributed by atoms with Gasteiger partial charge in [-0.25, -0.2) is 0 Å². The predicted molar refractivity (Wildman–Crippen MR) is 62.4 cm³/mol. The van der Waals surface area contributed by atoms with Crippen molar-refractivity contribution in [3.05, 3.63) is 0 Å². The van der Waals surface area contributed by atoms with Gasteiger partial charge < -0.3 is 36.0 Å². The lowest BCUT2D eigenvalue weighted by atomic mass is 10.0. The Bertz CT molecular complexity index is 351. The molecule has 0 spiro atoms. The molecule has 1 aliphatic rings. The molecular formula is C9H17NO8S. The van der Waals surface area contributed by atoms with E-state index in [1.165, 1.54) is 0 Å². The van der Waals surface area contributed by atoms with Crippen molar-refractivity contribution in [2.75, 3.05) is 12.4 Å². The van der Waals surface area contributed by atoms with Crippen LogP contribution in [0.3, 0.4) is 0 Å². The number of carboxylic acid groups (broad SMARTS) is 1. The van der Waals surface area contributed by atoms with Gasteiger partial charge in [-0.1, -0.05) is 0 Å². The van der Waals surface area contributed by atoms with Gasteiger partial charge in [0.15, 0.2) is 5.44 Å². The lowest BCUT2D eigenvalue weighted by Crippen LogP contribution is -2.60. The molecule has 0 aliphatic carbocycles. The third-order valence-corrected chi connectivity index (χ3v) is 4.36. The Morgan fingerprint density at radius 1 is 1.26 bits per heavy atom. The first-order valence-electron chi connectivity index (χ1n) is 5.45. The minimum atomic E-state index is -2.01. The van der Waals surface area contributed by atoms with Crippen LogP contribution in [0.2, 0.25) is 0 Å². The van der Waals surface area contributed by atoms with Gasteiger partial charge in [0.05, 0.1) is 23.2 Å². The lowest BCUT2D eigenvalue weighted by molar-refractivity contribution is -0.206. The van der Waals surface area contributed by atoms with E-state index in [0.29, 0.717) is 0 Å². The molecule has 0 radical (unpaired) electrons. The fourth-order valence-corrected chi connectivity index (χ4v) is 3.05. The second-order valence-corrected chi connectivity index (χ2v) is 5.75. The van der Waals surface area contributed by atoms with Gasteiger partial charge in [-0.3, -0.25) is 9.00 Å². The summed E-state index contributed by atoms with van der Waals surface area (Å²) < 4.78 is 16.9. The molecule has 1 saturated heterocycles. The second-order valence-electron chi connectivity index (χ2n) is 4.19. The van der Waals surface area contributed by atoms with Gasteiger partial charge in [0.1, 0.15) is 30.5 Å². The van der Waals surface area contributed by atoms with E-state index in [4.69, 9.17) is 20.7 Å². The molecule has 0 amide bonds. The topological polar surface area (TPSA) is 171 Å². The molecule has 7 N–H and O–H groups in total. The Morgan fingerprint density at radius 2 is 1.84 bits per heavy atom. The largest absolute Gasteiger partial charge is 0.480 e. The van der Waals surface area contributed by atoms with E-state index in [1.807, 2.05) is 0 Å². The maximum atomic E-state index is 11.8. The Balaban J connectivity index is 2.75. The second kappa shape index (κ2) is 6.70. The van der Waals surface area contributed by atoms with Gasteiger partial charge in [-0.05, 0) is 0 Å². The summed E-state index contributed by atoms with van der Waals surface area (Å²) in [6.07, 6.45) is -6.06. The van der Waals surface area contributed by atoms with Crippen molar-refractivity contribution in [1.82, 2.24) is 0 Å². The Kier molecular flexibility index (Phi) is 5.80. The van der Waals surface area contributed by atoms with E-state index < -0.39 is 65.0 Å². The Hall–Kier alpha value is -0.620. The van der Waals surface area contributed by atoms with Crippen molar-refractivity contribution in [1.29, 1.82) is 0 Å². The number of rotatable bonds is 5. The maximum Gasteiger partial charge on any atom is 0.321 e. The molecule has 0 aromatic heterocycles. The van der Waals surface area contributed by atoms with E-state index in [1.54, 1.807) is 0 Å². The molecule has 0 bridgehead atoms. The van der Waals surface area contributed by atoms with Crippen LogP contribution in [-0.2, 0) is 20.3 Å². The molecule has 112 valence electrons. The molecule has 1 aliphatic heterocycles. The average molecular weight is 299 g/mol. The van der Waals surface area contributed by atoms with E-state index in [-0.39, 0.29) is 0 Å². The fourth-order valence-electron chi connectivity index (χ4n) is 1.63. The molecule has 19 heavy (non-hydrogen) atoms. The lowest BCUT2D eigenvalue weighted by Gasteiger charge is -2.39. The first-order chi connectivity index (χ1) is 8.79. The molecule has 1 fully saturated rings. The molecule has 0 aromatic carbocycles. The average Bonchev–Trinajstić information content (AvgIpc) is 2.36. The first kappa shape index (κ1) is 16.4. The number of aliphatic hydroxyl groups excluding tert-OH is 4. The summed E-state index contributed by atoms with van der Waals surface area (Å²) in [4.78, 5) is 10.5. The van der Waals surface area contributed by atoms with Crippen LogP contribution in [0, 0.1) is 0 Å². The monoisotopic (exact) mass is 299 g/mol. The normalized spacial score (nSPS) is 38.7. The Morgan fingerprint density at radius 3 is 2.32 bits per heavy atom. The zero-order valence-electron chi connectivity index (χ0n) is 9.82. The van der Waals surface area contributed by atoms with Gasteiger partial charge in [0.2, 0.25) is 0 Å².